The fourth-order valence-electron chi connectivity index (χ4n) is 3.27. The van der Waals surface area contributed by atoms with Gasteiger partial charge in [0.15, 0.2) is 0 Å². The summed E-state index contributed by atoms with van der Waals surface area (Å²) in [5.74, 6) is 0. The predicted molar refractivity (Wildman–Crippen MR) is 89.2 cm³/mol. The van der Waals surface area contributed by atoms with Crippen LogP contribution in [0.1, 0.15) is 23.2 Å². The predicted octanol–water partition coefficient (Wildman–Crippen LogP) is 1.84. The summed E-state index contributed by atoms with van der Waals surface area (Å²) in [4.78, 5) is 2.11. The lowest BCUT2D eigenvalue weighted by atomic mass is 9.82. The summed E-state index contributed by atoms with van der Waals surface area (Å²) in [5, 5.41) is 26.4. The number of aliphatic hydroxyl groups is 2. The molecule has 2 atom stereocenters. The van der Waals surface area contributed by atoms with Gasteiger partial charge in [0, 0.05) is 32.2 Å². The van der Waals surface area contributed by atoms with Crippen molar-refractivity contribution in [2.24, 2.45) is 7.05 Å². The molecule has 1 aliphatic heterocycles. The third-order valence-electron chi connectivity index (χ3n) is 4.72. The van der Waals surface area contributed by atoms with Crippen LogP contribution in [0.2, 0.25) is 5.15 Å². The summed E-state index contributed by atoms with van der Waals surface area (Å²) in [6, 6.07) is 9.39. The zero-order valence-electron chi connectivity index (χ0n) is 13.4. The molecule has 0 radical (unpaired) electrons. The van der Waals surface area contributed by atoms with E-state index in [4.69, 9.17) is 11.6 Å². The van der Waals surface area contributed by atoms with Gasteiger partial charge in [-0.3, -0.25) is 9.58 Å². The first kappa shape index (κ1) is 16.5. The summed E-state index contributed by atoms with van der Waals surface area (Å²) in [7, 11) is 1.82. The fraction of sp³-hybridized carbons (Fsp3) is 0.471. The van der Waals surface area contributed by atoms with E-state index in [1.165, 1.54) is 0 Å². The molecule has 1 aromatic heterocycles. The third kappa shape index (κ3) is 3.02. The molecule has 23 heavy (non-hydrogen) atoms. The first-order chi connectivity index (χ1) is 10.9. The molecule has 3 rings (SSSR count). The maximum Gasteiger partial charge on any atom is 0.131 e. The molecule has 0 unspecified atom stereocenters. The Labute approximate surface area is 141 Å². The Bertz CT molecular complexity index is 689. The number of hydrogen-bond acceptors (Lipinski definition) is 4. The Kier molecular flexibility index (Phi) is 4.47. The zero-order chi connectivity index (χ0) is 16.6. The maximum atomic E-state index is 10.9. The Morgan fingerprint density at radius 3 is 2.61 bits per heavy atom. The lowest BCUT2D eigenvalue weighted by molar-refractivity contribution is -0.126. The van der Waals surface area contributed by atoms with E-state index in [2.05, 4.69) is 10.00 Å². The normalized spacial score (nSPS) is 25.7. The molecule has 124 valence electrons. The van der Waals surface area contributed by atoms with Crippen LogP contribution in [0.4, 0.5) is 0 Å². The number of benzene rings is 1. The van der Waals surface area contributed by atoms with Crippen LogP contribution in [0.15, 0.2) is 30.3 Å². The number of rotatable bonds is 3. The summed E-state index contributed by atoms with van der Waals surface area (Å²) in [6.07, 6.45) is -0.357. The molecule has 1 aromatic carbocycles. The van der Waals surface area contributed by atoms with E-state index in [9.17, 15) is 10.2 Å². The summed E-state index contributed by atoms with van der Waals surface area (Å²) in [6.45, 7) is 3.64. The number of piperidine rings is 1. The number of hydrogen-bond donors (Lipinski definition) is 2. The molecule has 2 N–H and O–H groups in total. The summed E-state index contributed by atoms with van der Waals surface area (Å²) in [5.41, 5.74) is 1.45. The molecule has 2 heterocycles. The Morgan fingerprint density at radius 1 is 1.35 bits per heavy atom. The van der Waals surface area contributed by atoms with E-state index in [1.807, 2.05) is 44.3 Å². The third-order valence-corrected chi connectivity index (χ3v) is 5.19. The van der Waals surface area contributed by atoms with Crippen molar-refractivity contribution < 1.29 is 10.2 Å². The minimum atomic E-state index is -1.19. The largest absolute Gasteiger partial charge is 0.388 e. The van der Waals surface area contributed by atoms with Crippen molar-refractivity contribution in [1.82, 2.24) is 14.7 Å². The zero-order valence-corrected chi connectivity index (χ0v) is 14.2. The Balaban J connectivity index is 1.74. The molecular formula is C17H22ClN3O2. The van der Waals surface area contributed by atoms with Crippen LogP contribution in [0.5, 0.6) is 0 Å². The minimum Gasteiger partial charge on any atom is -0.388 e. The van der Waals surface area contributed by atoms with Crippen LogP contribution in [0, 0.1) is 6.92 Å². The summed E-state index contributed by atoms with van der Waals surface area (Å²) >= 11 is 6.28. The Morgan fingerprint density at radius 2 is 2.04 bits per heavy atom. The number of nitrogens with zero attached hydrogens (tertiary/aromatic N) is 3. The molecule has 0 amide bonds. The molecule has 1 saturated heterocycles. The molecule has 0 aliphatic carbocycles. The second-order valence-corrected chi connectivity index (χ2v) is 6.63. The van der Waals surface area contributed by atoms with Crippen molar-refractivity contribution in [2.45, 2.75) is 31.6 Å². The highest BCUT2D eigenvalue weighted by Crippen LogP contribution is 2.34. The lowest BCUT2D eigenvalue weighted by Gasteiger charge is -2.42. The van der Waals surface area contributed by atoms with E-state index in [0.29, 0.717) is 31.2 Å². The second-order valence-electron chi connectivity index (χ2n) is 6.27. The second kappa shape index (κ2) is 6.24. The van der Waals surface area contributed by atoms with Crippen molar-refractivity contribution in [3.63, 3.8) is 0 Å². The highest BCUT2D eigenvalue weighted by atomic mass is 35.5. The number of aliphatic hydroxyl groups excluding tert-OH is 1. The molecule has 5 nitrogen and oxygen atoms in total. The van der Waals surface area contributed by atoms with Crippen LogP contribution < -0.4 is 0 Å². The number of β-amino-alcohol motifs (C(OH)–C–C–N with tert-alkyl or cyclic N) is 1. The first-order valence-corrected chi connectivity index (χ1v) is 8.16. The number of halogens is 1. The fourth-order valence-corrected chi connectivity index (χ4v) is 3.50. The quantitative estimate of drug-likeness (QED) is 0.898. The number of aryl methyl sites for hydroxylation is 2. The van der Waals surface area contributed by atoms with E-state index in [-0.39, 0.29) is 0 Å². The van der Waals surface area contributed by atoms with Gasteiger partial charge >= 0.3 is 0 Å². The van der Waals surface area contributed by atoms with Gasteiger partial charge in [-0.1, -0.05) is 41.9 Å². The Hall–Kier alpha value is -1.40. The highest BCUT2D eigenvalue weighted by molar-refractivity contribution is 6.30. The van der Waals surface area contributed by atoms with Gasteiger partial charge in [-0.15, -0.1) is 0 Å². The van der Waals surface area contributed by atoms with Gasteiger partial charge in [0.05, 0.1) is 11.8 Å². The average Bonchev–Trinajstić information content (AvgIpc) is 2.78. The van der Waals surface area contributed by atoms with Crippen molar-refractivity contribution in [3.05, 3.63) is 52.3 Å². The SMILES string of the molecule is Cc1nn(C)c(Cl)c1CN1CC[C@](O)(c2ccccc2)[C@@H](O)C1. The molecule has 1 fully saturated rings. The molecule has 6 heteroatoms. The maximum absolute atomic E-state index is 10.9. The summed E-state index contributed by atoms with van der Waals surface area (Å²) < 4.78 is 1.66. The molecule has 0 saturated carbocycles. The number of aromatic nitrogens is 2. The monoisotopic (exact) mass is 335 g/mol. The van der Waals surface area contributed by atoms with Crippen molar-refractivity contribution in [3.8, 4) is 0 Å². The lowest BCUT2D eigenvalue weighted by Crippen LogP contribution is -2.53. The van der Waals surface area contributed by atoms with Crippen molar-refractivity contribution >= 4 is 11.6 Å². The van der Waals surface area contributed by atoms with Gasteiger partial charge in [-0.2, -0.15) is 5.10 Å². The van der Waals surface area contributed by atoms with E-state index in [0.717, 1.165) is 16.8 Å². The first-order valence-electron chi connectivity index (χ1n) is 7.78. The van der Waals surface area contributed by atoms with Crippen LogP contribution in [0.25, 0.3) is 0 Å². The minimum absolute atomic E-state index is 0.399. The van der Waals surface area contributed by atoms with E-state index < -0.39 is 11.7 Å². The van der Waals surface area contributed by atoms with E-state index >= 15 is 0 Å². The van der Waals surface area contributed by atoms with Crippen molar-refractivity contribution in [1.29, 1.82) is 0 Å². The van der Waals surface area contributed by atoms with Crippen molar-refractivity contribution in [2.75, 3.05) is 13.1 Å². The van der Waals surface area contributed by atoms with Crippen LogP contribution in [-0.4, -0.2) is 44.1 Å². The van der Waals surface area contributed by atoms with Gasteiger partial charge in [0.2, 0.25) is 0 Å². The van der Waals surface area contributed by atoms with Gasteiger partial charge in [0.1, 0.15) is 10.8 Å². The van der Waals surface area contributed by atoms with Crippen LogP contribution >= 0.6 is 11.6 Å². The number of likely N-dealkylation sites (tertiary alicyclic amines) is 1. The molecule has 0 spiro atoms. The highest BCUT2D eigenvalue weighted by Gasteiger charge is 2.42. The molecule has 0 bridgehead atoms. The topological polar surface area (TPSA) is 61.5 Å². The average molecular weight is 336 g/mol. The van der Waals surface area contributed by atoms with Crippen LogP contribution in [0.3, 0.4) is 0 Å². The van der Waals surface area contributed by atoms with Gasteiger partial charge in [-0.05, 0) is 18.9 Å². The van der Waals surface area contributed by atoms with Gasteiger partial charge in [-0.25, -0.2) is 0 Å². The van der Waals surface area contributed by atoms with E-state index in [1.54, 1.807) is 4.68 Å². The standard InChI is InChI=1S/C17H22ClN3O2/c1-12-14(16(18)20(2)19-12)10-21-9-8-17(23,15(22)11-21)13-6-4-3-5-7-13/h3-7,15,22-23H,8-11H2,1-2H3/t15-,17-/m0/s1. The molecular weight excluding hydrogens is 314 g/mol. The van der Waals surface area contributed by atoms with Gasteiger partial charge < -0.3 is 10.2 Å². The molecule has 1 aliphatic rings. The smallest absolute Gasteiger partial charge is 0.131 e. The molecule has 2 aromatic rings. The van der Waals surface area contributed by atoms with Gasteiger partial charge in [0.25, 0.3) is 0 Å². The van der Waals surface area contributed by atoms with Crippen LogP contribution in [-0.2, 0) is 19.2 Å².